The molecule has 1 aromatic rings. The van der Waals surface area contributed by atoms with Crippen molar-refractivity contribution >= 4 is 0 Å². The fourth-order valence-corrected chi connectivity index (χ4v) is 0.868. The van der Waals surface area contributed by atoms with Gasteiger partial charge in [-0.15, -0.1) is 5.73 Å². The average Bonchev–Trinajstić information content (AvgIpc) is 2.06. The van der Waals surface area contributed by atoms with Crippen LogP contribution in [0.15, 0.2) is 42.7 Å². The maximum absolute atomic E-state index is 12.4. The van der Waals surface area contributed by atoms with Crippen LogP contribution in [-0.2, 0) is 0 Å². The lowest BCUT2D eigenvalue weighted by Gasteiger charge is -2.03. The molecule has 1 nitrogen and oxygen atoms in total. The zero-order chi connectivity index (χ0) is 8.97. The summed E-state index contributed by atoms with van der Waals surface area (Å²) in [6, 6.07) is 5.65. The van der Waals surface area contributed by atoms with Gasteiger partial charge < -0.3 is 5.11 Å². The van der Waals surface area contributed by atoms with Crippen molar-refractivity contribution in [1.82, 2.24) is 0 Å². The number of aliphatic hydroxyl groups excluding tert-OH is 1. The van der Waals surface area contributed by atoms with Gasteiger partial charge in [0.1, 0.15) is 11.9 Å². The molecule has 0 fully saturated rings. The minimum atomic E-state index is -0.747. The Morgan fingerprint density at radius 1 is 1.42 bits per heavy atom. The Hall–Kier alpha value is -1.37. The first-order valence-corrected chi connectivity index (χ1v) is 3.53. The Bertz CT molecular complexity index is 296. The molecule has 0 spiro atoms. The monoisotopic (exact) mass is 164 g/mol. The van der Waals surface area contributed by atoms with Crippen LogP contribution in [-0.4, -0.2) is 5.11 Å². The van der Waals surface area contributed by atoms with E-state index in [-0.39, 0.29) is 5.82 Å². The molecule has 0 aromatic heterocycles. The first kappa shape index (κ1) is 8.72. The van der Waals surface area contributed by atoms with Gasteiger partial charge in [-0.3, -0.25) is 0 Å². The molecule has 0 aliphatic carbocycles. The summed E-state index contributed by atoms with van der Waals surface area (Å²) in [5.41, 5.74) is 3.09. The van der Waals surface area contributed by atoms with E-state index >= 15 is 0 Å². The lowest BCUT2D eigenvalue weighted by atomic mass is 10.1. The highest BCUT2D eigenvalue weighted by Gasteiger charge is 2.01. The molecule has 12 heavy (non-hydrogen) atoms. The fraction of sp³-hybridized carbons (Fsp3) is 0.100. The standard InChI is InChI=1S/C10H9FO/c1-2-3-10(12)8-4-6-9(11)7-5-8/h3-7,10,12H,1H2/t10-/m1/s1. The molecule has 1 aromatic carbocycles. The molecule has 62 valence electrons. The average molecular weight is 164 g/mol. The highest BCUT2D eigenvalue weighted by Crippen LogP contribution is 2.13. The molecule has 0 unspecified atom stereocenters. The van der Waals surface area contributed by atoms with Crippen molar-refractivity contribution < 1.29 is 9.50 Å². The minimum absolute atomic E-state index is 0.312. The zero-order valence-corrected chi connectivity index (χ0v) is 6.50. The van der Waals surface area contributed by atoms with Gasteiger partial charge in [0.05, 0.1) is 0 Å². The molecular formula is C10H9FO. The molecule has 1 rings (SSSR count). The SMILES string of the molecule is C=C=C[C@@H](O)c1ccc(F)cc1. The Kier molecular flexibility index (Phi) is 2.81. The summed E-state index contributed by atoms with van der Waals surface area (Å²) in [6.45, 7) is 3.33. The number of halogens is 1. The predicted octanol–water partition coefficient (Wildman–Crippen LogP) is 2.20. The maximum atomic E-state index is 12.4. The molecular weight excluding hydrogens is 155 g/mol. The van der Waals surface area contributed by atoms with Crippen LogP contribution in [0.2, 0.25) is 0 Å². The van der Waals surface area contributed by atoms with Gasteiger partial charge in [0, 0.05) is 0 Å². The highest BCUT2D eigenvalue weighted by molar-refractivity contribution is 5.21. The van der Waals surface area contributed by atoms with Crippen molar-refractivity contribution in [3.63, 3.8) is 0 Å². The second-order valence-electron chi connectivity index (χ2n) is 2.37. The number of rotatable bonds is 2. The summed E-state index contributed by atoms with van der Waals surface area (Å²) in [7, 11) is 0. The Morgan fingerprint density at radius 3 is 2.50 bits per heavy atom. The van der Waals surface area contributed by atoms with E-state index in [1.54, 1.807) is 0 Å². The van der Waals surface area contributed by atoms with Crippen LogP contribution >= 0.6 is 0 Å². The summed E-state index contributed by atoms with van der Waals surface area (Å²) in [4.78, 5) is 0. The summed E-state index contributed by atoms with van der Waals surface area (Å²) >= 11 is 0. The second kappa shape index (κ2) is 3.86. The van der Waals surface area contributed by atoms with Crippen molar-refractivity contribution in [3.05, 3.63) is 54.0 Å². The Morgan fingerprint density at radius 2 is 2.00 bits per heavy atom. The molecule has 1 N–H and O–H groups in total. The number of benzene rings is 1. The van der Waals surface area contributed by atoms with Crippen LogP contribution in [0.1, 0.15) is 11.7 Å². The van der Waals surface area contributed by atoms with Crippen LogP contribution in [0.4, 0.5) is 4.39 Å². The smallest absolute Gasteiger partial charge is 0.123 e. The third kappa shape index (κ3) is 2.06. The summed E-state index contributed by atoms with van der Waals surface area (Å²) in [5.74, 6) is -0.312. The Labute approximate surface area is 70.5 Å². The Balaban J connectivity index is 2.89. The van der Waals surface area contributed by atoms with Crippen LogP contribution in [0.25, 0.3) is 0 Å². The third-order valence-electron chi connectivity index (χ3n) is 1.49. The van der Waals surface area contributed by atoms with Crippen LogP contribution in [0.5, 0.6) is 0 Å². The quantitative estimate of drug-likeness (QED) is 0.664. The van der Waals surface area contributed by atoms with Crippen LogP contribution in [0, 0.1) is 5.82 Å². The number of hydrogen-bond donors (Lipinski definition) is 1. The van der Waals surface area contributed by atoms with E-state index in [9.17, 15) is 9.50 Å². The summed E-state index contributed by atoms with van der Waals surface area (Å²) < 4.78 is 12.4. The first-order valence-electron chi connectivity index (χ1n) is 3.53. The van der Waals surface area contributed by atoms with Gasteiger partial charge in [-0.05, 0) is 23.8 Å². The van der Waals surface area contributed by atoms with E-state index < -0.39 is 6.10 Å². The molecule has 0 heterocycles. The second-order valence-corrected chi connectivity index (χ2v) is 2.37. The largest absolute Gasteiger partial charge is 0.384 e. The topological polar surface area (TPSA) is 20.2 Å². The molecule has 1 atom stereocenters. The lowest BCUT2D eigenvalue weighted by molar-refractivity contribution is 0.229. The first-order chi connectivity index (χ1) is 5.74. The van der Waals surface area contributed by atoms with Gasteiger partial charge in [0.25, 0.3) is 0 Å². The lowest BCUT2D eigenvalue weighted by Crippen LogP contribution is -1.91. The molecule has 0 saturated carbocycles. The minimum Gasteiger partial charge on any atom is -0.384 e. The summed E-state index contributed by atoms with van der Waals surface area (Å²) in [5, 5.41) is 9.33. The summed E-state index contributed by atoms with van der Waals surface area (Å²) in [6.07, 6.45) is 0.663. The van der Waals surface area contributed by atoms with Gasteiger partial charge in [-0.2, -0.15) is 0 Å². The van der Waals surface area contributed by atoms with E-state index in [1.807, 2.05) is 0 Å². The van der Waals surface area contributed by atoms with Gasteiger partial charge in [0.2, 0.25) is 0 Å². The molecule has 0 saturated heterocycles. The van der Waals surface area contributed by atoms with Crippen LogP contribution < -0.4 is 0 Å². The van der Waals surface area contributed by atoms with E-state index in [0.717, 1.165) is 0 Å². The van der Waals surface area contributed by atoms with Gasteiger partial charge in [-0.1, -0.05) is 18.7 Å². The van der Waals surface area contributed by atoms with E-state index in [2.05, 4.69) is 12.3 Å². The predicted molar refractivity (Wildman–Crippen MR) is 45.1 cm³/mol. The molecule has 0 amide bonds. The molecule has 0 radical (unpaired) electrons. The van der Waals surface area contributed by atoms with Crippen molar-refractivity contribution in [2.24, 2.45) is 0 Å². The van der Waals surface area contributed by atoms with Gasteiger partial charge >= 0.3 is 0 Å². The molecule has 0 aliphatic heterocycles. The zero-order valence-electron chi connectivity index (χ0n) is 6.50. The van der Waals surface area contributed by atoms with Crippen LogP contribution in [0.3, 0.4) is 0 Å². The number of aliphatic hydroxyl groups is 1. The molecule has 0 aliphatic rings. The van der Waals surface area contributed by atoms with Crippen molar-refractivity contribution in [2.45, 2.75) is 6.10 Å². The van der Waals surface area contributed by atoms with E-state index in [4.69, 9.17) is 0 Å². The molecule has 0 bridgehead atoms. The van der Waals surface area contributed by atoms with Gasteiger partial charge in [0.15, 0.2) is 0 Å². The van der Waals surface area contributed by atoms with Crippen molar-refractivity contribution in [2.75, 3.05) is 0 Å². The van der Waals surface area contributed by atoms with Crippen molar-refractivity contribution in [3.8, 4) is 0 Å². The van der Waals surface area contributed by atoms with E-state index in [1.165, 1.54) is 30.3 Å². The normalized spacial score (nSPS) is 11.8. The van der Waals surface area contributed by atoms with Crippen molar-refractivity contribution in [1.29, 1.82) is 0 Å². The van der Waals surface area contributed by atoms with E-state index in [0.29, 0.717) is 5.56 Å². The fourth-order valence-electron chi connectivity index (χ4n) is 0.868. The maximum Gasteiger partial charge on any atom is 0.123 e. The third-order valence-corrected chi connectivity index (χ3v) is 1.49. The molecule has 2 heteroatoms. The van der Waals surface area contributed by atoms with Gasteiger partial charge in [-0.25, -0.2) is 4.39 Å². The number of hydrogen-bond acceptors (Lipinski definition) is 1. The highest BCUT2D eigenvalue weighted by atomic mass is 19.1.